The molecule has 2 nitrogen and oxygen atoms in total. The number of hydrogen-bond acceptors (Lipinski definition) is 2. The van der Waals surface area contributed by atoms with Crippen LogP contribution in [0.5, 0.6) is 5.75 Å². The highest BCUT2D eigenvalue weighted by molar-refractivity contribution is 5.96. The zero-order chi connectivity index (χ0) is 14.5. The van der Waals surface area contributed by atoms with Crippen LogP contribution in [0.2, 0.25) is 0 Å². The molecule has 0 fully saturated rings. The molecule has 104 valence electrons. The van der Waals surface area contributed by atoms with Crippen LogP contribution >= 0.6 is 0 Å². The van der Waals surface area contributed by atoms with Crippen molar-refractivity contribution in [2.24, 2.45) is 0 Å². The molecule has 2 aromatic rings. The summed E-state index contributed by atoms with van der Waals surface area (Å²) in [4.78, 5) is 11.5. The topological polar surface area (TPSA) is 26.3 Å². The highest BCUT2D eigenvalue weighted by Crippen LogP contribution is 2.21. The summed E-state index contributed by atoms with van der Waals surface area (Å²) >= 11 is 0. The number of carbonyl (C=O) groups is 1. The molecule has 0 saturated heterocycles. The summed E-state index contributed by atoms with van der Waals surface area (Å²) in [6.45, 7) is 3.85. The molecule has 3 heteroatoms. The number of ketones is 1. The fraction of sp³-hybridized carbons (Fsp3) is 0.235. The van der Waals surface area contributed by atoms with Crippen LogP contribution in [0.3, 0.4) is 0 Å². The van der Waals surface area contributed by atoms with E-state index in [-0.39, 0.29) is 11.5 Å². The summed E-state index contributed by atoms with van der Waals surface area (Å²) in [5, 5.41) is 0. The number of aryl methyl sites for hydroxylation is 1. The van der Waals surface area contributed by atoms with E-state index in [0.717, 1.165) is 12.0 Å². The van der Waals surface area contributed by atoms with E-state index in [4.69, 9.17) is 4.74 Å². The molecule has 0 amide bonds. The first kappa shape index (κ1) is 14.3. The molecule has 0 heterocycles. The maximum atomic E-state index is 13.2. The molecule has 0 saturated carbocycles. The van der Waals surface area contributed by atoms with Crippen LogP contribution in [-0.2, 0) is 13.0 Å². The van der Waals surface area contributed by atoms with Crippen LogP contribution in [0.25, 0.3) is 0 Å². The normalized spacial score (nSPS) is 10.3. The van der Waals surface area contributed by atoms with E-state index >= 15 is 0 Å². The molecule has 0 aliphatic heterocycles. The molecule has 0 aliphatic carbocycles. The Morgan fingerprint density at radius 1 is 1.10 bits per heavy atom. The third-order valence-electron chi connectivity index (χ3n) is 3.15. The van der Waals surface area contributed by atoms with Gasteiger partial charge in [0.25, 0.3) is 0 Å². The van der Waals surface area contributed by atoms with Gasteiger partial charge in [0, 0.05) is 6.07 Å². The van der Waals surface area contributed by atoms with Gasteiger partial charge in [-0.15, -0.1) is 0 Å². The first-order valence-corrected chi connectivity index (χ1v) is 6.61. The Labute approximate surface area is 118 Å². The highest BCUT2D eigenvalue weighted by atomic mass is 19.1. The van der Waals surface area contributed by atoms with E-state index in [2.05, 4.69) is 6.92 Å². The minimum Gasteiger partial charge on any atom is -0.488 e. The van der Waals surface area contributed by atoms with Gasteiger partial charge in [0.15, 0.2) is 5.78 Å². The van der Waals surface area contributed by atoms with Gasteiger partial charge in [-0.05, 0) is 36.6 Å². The SMILES string of the molecule is CCc1ccc(COc2cc(F)ccc2C(C)=O)cc1. The van der Waals surface area contributed by atoms with Gasteiger partial charge in [0.1, 0.15) is 18.2 Å². The lowest BCUT2D eigenvalue weighted by molar-refractivity contribution is 0.101. The van der Waals surface area contributed by atoms with Crippen molar-refractivity contribution >= 4 is 5.78 Å². The summed E-state index contributed by atoms with van der Waals surface area (Å²) in [6, 6.07) is 12.0. The summed E-state index contributed by atoms with van der Waals surface area (Å²) in [6.07, 6.45) is 0.986. The zero-order valence-electron chi connectivity index (χ0n) is 11.7. The summed E-state index contributed by atoms with van der Waals surface area (Å²) in [7, 11) is 0. The molecule has 2 aromatic carbocycles. The largest absolute Gasteiger partial charge is 0.488 e. The van der Waals surface area contributed by atoms with Crippen molar-refractivity contribution in [3.63, 3.8) is 0 Å². The lowest BCUT2D eigenvalue weighted by Crippen LogP contribution is -2.02. The molecule has 0 atom stereocenters. The molecular formula is C17H17FO2. The first-order valence-electron chi connectivity index (χ1n) is 6.61. The number of ether oxygens (including phenoxy) is 1. The predicted molar refractivity (Wildman–Crippen MR) is 76.6 cm³/mol. The fourth-order valence-electron chi connectivity index (χ4n) is 1.94. The maximum Gasteiger partial charge on any atom is 0.163 e. The van der Waals surface area contributed by atoms with Crippen molar-refractivity contribution in [2.45, 2.75) is 26.9 Å². The van der Waals surface area contributed by atoms with Crippen LogP contribution < -0.4 is 4.74 Å². The van der Waals surface area contributed by atoms with E-state index in [0.29, 0.717) is 12.2 Å². The Balaban J connectivity index is 2.13. The minimum absolute atomic E-state index is 0.138. The van der Waals surface area contributed by atoms with Crippen molar-refractivity contribution in [3.05, 3.63) is 65.0 Å². The smallest absolute Gasteiger partial charge is 0.163 e. The number of hydrogen-bond donors (Lipinski definition) is 0. The lowest BCUT2D eigenvalue weighted by atomic mass is 10.1. The van der Waals surface area contributed by atoms with Crippen LogP contribution in [-0.4, -0.2) is 5.78 Å². The van der Waals surface area contributed by atoms with Gasteiger partial charge in [0.2, 0.25) is 0 Å². The highest BCUT2D eigenvalue weighted by Gasteiger charge is 2.10. The quantitative estimate of drug-likeness (QED) is 0.764. The standard InChI is InChI=1S/C17H17FO2/c1-3-13-4-6-14(7-5-13)11-20-17-10-15(18)8-9-16(17)12(2)19/h4-10H,3,11H2,1-2H3. The minimum atomic E-state index is -0.411. The van der Waals surface area contributed by atoms with Crippen LogP contribution in [0, 0.1) is 5.82 Å². The van der Waals surface area contributed by atoms with Gasteiger partial charge in [0.05, 0.1) is 5.56 Å². The molecule has 0 aromatic heterocycles. The Kier molecular flexibility index (Phi) is 4.51. The molecule has 0 bridgehead atoms. The van der Waals surface area contributed by atoms with Crippen molar-refractivity contribution in [1.29, 1.82) is 0 Å². The van der Waals surface area contributed by atoms with Crippen LogP contribution in [0.15, 0.2) is 42.5 Å². The zero-order valence-corrected chi connectivity index (χ0v) is 11.7. The Morgan fingerprint density at radius 3 is 2.35 bits per heavy atom. The first-order chi connectivity index (χ1) is 9.60. The molecule has 20 heavy (non-hydrogen) atoms. The van der Waals surface area contributed by atoms with E-state index in [9.17, 15) is 9.18 Å². The molecule has 0 N–H and O–H groups in total. The van der Waals surface area contributed by atoms with Crippen molar-refractivity contribution < 1.29 is 13.9 Å². The molecule has 0 radical (unpaired) electrons. The van der Waals surface area contributed by atoms with Crippen molar-refractivity contribution in [2.75, 3.05) is 0 Å². The molecular weight excluding hydrogens is 255 g/mol. The fourth-order valence-corrected chi connectivity index (χ4v) is 1.94. The van der Waals surface area contributed by atoms with Gasteiger partial charge in [-0.25, -0.2) is 4.39 Å². The number of carbonyl (C=O) groups excluding carboxylic acids is 1. The monoisotopic (exact) mass is 272 g/mol. The summed E-state index contributed by atoms with van der Waals surface area (Å²) in [5.41, 5.74) is 2.64. The van der Waals surface area contributed by atoms with Crippen LogP contribution in [0.4, 0.5) is 4.39 Å². The van der Waals surface area contributed by atoms with Gasteiger partial charge in [-0.1, -0.05) is 31.2 Å². The van der Waals surface area contributed by atoms with E-state index < -0.39 is 5.82 Å². The van der Waals surface area contributed by atoms with Gasteiger partial charge < -0.3 is 4.74 Å². The lowest BCUT2D eigenvalue weighted by Gasteiger charge is -2.10. The second-order valence-corrected chi connectivity index (χ2v) is 4.66. The Hall–Kier alpha value is -2.16. The average Bonchev–Trinajstić information content (AvgIpc) is 2.45. The summed E-state index contributed by atoms with van der Waals surface area (Å²) in [5.74, 6) is -0.260. The molecule has 2 rings (SSSR count). The molecule has 0 spiro atoms. The second-order valence-electron chi connectivity index (χ2n) is 4.66. The average molecular weight is 272 g/mol. The molecule has 0 aliphatic rings. The number of Topliss-reactive ketones (excluding diaryl/α,β-unsaturated/α-hetero) is 1. The van der Waals surface area contributed by atoms with Gasteiger partial charge in [-0.3, -0.25) is 4.79 Å². The summed E-state index contributed by atoms with van der Waals surface area (Å²) < 4.78 is 18.8. The third kappa shape index (κ3) is 3.44. The van der Waals surface area contributed by atoms with Crippen molar-refractivity contribution in [1.82, 2.24) is 0 Å². The van der Waals surface area contributed by atoms with E-state index in [1.165, 1.54) is 30.7 Å². The Morgan fingerprint density at radius 2 is 1.75 bits per heavy atom. The molecule has 0 unspecified atom stereocenters. The number of rotatable bonds is 5. The second kappa shape index (κ2) is 6.33. The Bertz CT molecular complexity index is 603. The van der Waals surface area contributed by atoms with Gasteiger partial charge >= 0.3 is 0 Å². The van der Waals surface area contributed by atoms with Crippen LogP contribution in [0.1, 0.15) is 35.3 Å². The number of halogens is 1. The maximum absolute atomic E-state index is 13.2. The number of benzene rings is 2. The van der Waals surface area contributed by atoms with Gasteiger partial charge in [-0.2, -0.15) is 0 Å². The predicted octanol–water partition coefficient (Wildman–Crippen LogP) is 4.17. The third-order valence-corrected chi connectivity index (χ3v) is 3.15. The van der Waals surface area contributed by atoms with Crippen molar-refractivity contribution in [3.8, 4) is 5.75 Å². The van der Waals surface area contributed by atoms with E-state index in [1.54, 1.807) is 0 Å². The van der Waals surface area contributed by atoms with E-state index in [1.807, 2.05) is 24.3 Å².